The summed E-state index contributed by atoms with van der Waals surface area (Å²) in [5.41, 5.74) is 1.32. The largest absolute Gasteiger partial charge is 0.465 e. The number of nitrogens with one attached hydrogen (secondary N) is 1. The Hall–Kier alpha value is -3.49. The predicted octanol–water partition coefficient (Wildman–Crippen LogP) is 2.85. The monoisotopic (exact) mass is 426 g/mol. The normalized spacial score (nSPS) is 14.1. The van der Waals surface area contributed by atoms with Gasteiger partial charge in [-0.05, 0) is 43.9 Å². The van der Waals surface area contributed by atoms with Gasteiger partial charge in [-0.25, -0.2) is 19.6 Å². The number of rotatable bonds is 5. The van der Waals surface area contributed by atoms with Crippen molar-refractivity contribution in [3.63, 3.8) is 0 Å². The van der Waals surface area contributed by atoms with Crippen LogP contribution in [-0.2, 0) is 9.47 Å². The van der Waals surface area contributed by atoms with Crippen LogP contribution in [-0.4, -0.2) is 55.1 Å². The van der Waals surface area contributed by atoms with Crippen molar-refractivity contribution in [1.29, 1.82) is 0 Å². The molecule has 1 saturated heterocycles. The van der Waals surface area contributed by atoms with E-state index in [2.05, 4.69) is 27.1 Å². The third kappa shape index (κ3) is 5.17. The average Bonchev–Trinajstić information content (AvgIpc) is 2.78. The first-order chi connectivity index (χ1) is 14.8. The lowest BCUT2D eigenvalue weighted by Gasteiger charge is -2.30. The molecule has 9 heteroatoms. The Balaban J connectivity index is 1.82. The van der Waals surface area contributed by atoms with Crippen molar-refractivity contribution in [3.05, 3.63) is 46.8 Å². The molecule has 0 saturated carbocycles. The number of carbonyl (C=O) groups is 3. The van der Waals surface area contributed by atoms with E-state index in [1.165, 1.54) is 38.6 Å². The first-order valence-electron chi connectivity index (χ1n) is 10.0. The van der Waals surface area contributed by atoms with Gasteiger partial charge in [0.1, 0.15) is 0 Å². The van der Waals surface area contributed by atoms with Crippen molar-refractivity contribution in [1.82, 2.24) is 9.97 Å². The molecule has 0 bridgehead atoms. The molecule has 2 aromatic rings. The highest BCUT2D eigenvalue weighted by Crippen LogP contribution is 2.22. The summed E-state index contributed by atoms with van der Waals surface area (Å²) in [5, 5.41) is 2.69. The van der Waals surface area contributed by atoms with Crippen LogP contribution in [0.2, 0.25) is 0 Å². The third-order valence-corrected chi connectivity index (χ3v) is 5.31. The maximum Gasteiger partial charge on any atom is 0.337 e. The fourth-order valence-corrected chi connectivity index (χ4v) is 3.41. The molecular formula is C22H26N4O5. The van der Waals surface area contributed by atoms with Crippen molar-refractivity contribution in [2.24, 2.45) is 5.92 Å². The number of methoxy groups -OCH3 is 2. The molecule has 1 fully saturated rings. The van der Waals surface area contributed by atoms with Gasteiger partial charge in [0.2, 0.25) is 5.95 Å². The van der Waals surface area contributed by atoms with Gasteiger partial charge in [-0.15, -0.1) is 0 Å². The molecule has 1 amide bonds. The van der Waals surface area contributed by atoms with Gasteiger partial charge in [0.05, 0.1) is 36.6 Å². The quantitative estimate of drug-likeness (QED) is 0.727. The van der Waals surface area contributed by atoms with Crippen molar-refractivity contribution >= 4 is 29.5 Å². The third-order valence-electron chi connectivity index (χ3n) is 5.31. The lowest BCUT2D eigenvalue weighted by Crippen LogP contribution is -2.34. The van der Waals surface area contributed by atoms with Crippen LogP contribution in [0.3, 0.4) is 0 Å². The van der Waals surface area contributed by atoms with Gasteiger partial charge in [0.15, 0.2) is 0 Å². The number of ether oxygens (including phenoxy) is 2. The Kier molecular flexibility index (Phi) is 6.84. The summed E-state index contributed by atoms with van der Waals surface area (Å²) >= 11 is 0. The molecular weight excluding hydrogens is 400 g/mol. The zero-order chi connectivity index (χ0) is 22.5. The fourth-order valence-electron chi connectivity index (χ4n) is 3.41. The van der Waals surface area contributed by atoms with E-state index in [1.807, 2.05) is 0 Å². The number of hydrogen-bond acceptors (Lipinski definition) is 8. The van der Waals surface area contributed by atoms with Gasteiger partial charge in [-0.2, -0.15) is 0 Å². The van der Waals surface area contributed by atoms with Gasteiger partial charge in [-0.1, -0.05) is 6.92 Å². The maximum atomic E-state index is 12.8. The zero-order valence-corrected chi connectivity index (χ0v) is 18.1. The van der Waals surface area contributed by atoms with Gasteiger partial charge >= 0.3 is 11.9 Å². The first kappa shape index (κ1) is 22.2. The molecule has 0 radical (unpaired) electrons. The van der Waals surface area contributed by atoms with Crippen LogP contribution in [0.5, 0.6) is 0 Å². The van der Waals surface area contributed by atoms with Crippen LogP contribution < -0.4 is 10.2 Å². The molecule has 0 atom stereocenters. The molecule has 1 N–H and O–H groups in total. The standard InChI is InChI=1S/C22H26N4O5/c1-13-5-7-26(8-6-13)22-23-12-18(14(2)24-22)19(27)25-17-10-15(20(28)30-3)9-16(11-17)21(29)31-4/h9-13H,5-8H2,1-4H3,(H,25,27). The van der Waals surface area contributed by atoms with Crippen LogP contribution in [0.25, 0.3) is 0 Å². The molecule has 0 unspecified atom stereocenters. The lowest BCUT2D eigenvalue weighted by atomic mass is 10.00. The molecule has 9 nitrogen and oxygen atoms in total. The number of aromatic nitrogens is 2. The van der Waals surface area contributed by atoms with E-state index in [0.29, 0.717) is 23.1 Å². The highest BCUT2D eigenvalue weighted by Gasteiger charge is 2.21. The summed E-state index contributed by atoms with van der Waals surface area (Å²) in [5.74, 6) is -0.421. The maximum absolute atomic E-state index is 12.8. The number of nitrogens with zero attached hydrogens (tertiary/aromatic N) is 3. The number of aryl methyl sites for hydroxylation is 1. The van der Waals surface area contributed by atoms with E-state index in [1.54, 1.807) is 6.92 Å². The van der Waals surface area contributed by atoms with Crippen LogP contribution in [0.4, 0.5) is 11.6 Å². The average molecular weight is 426 g/mol. The molecule has 1 aliphatic rings. The Labute approximate surface area is 180 Å². The molecule has 0 spiro atoms. The lowest BCUT2D eigenvalue weighted by molar-refractivity contribution is 0.0599. The van der Waals surface area contributed by atoms with E-state index < -0.39 is 17.8 Å². The van der Waals surface area contributed by atoms with E-state index in [-0.39, 0.29) is 16.8 Å². The number of amides is 1. The highest BCUT2D eigenvalue weighted by molar-refractivity contribution is 6.06. The second-order valence-corrected chi connectivity index (χ2v) is 7.57. The topological polar surface area (TPSA) is 111 Å². The SMILES string of the molecule is COC(=O)c1cc(NC(=O)c2cnc(N3CCC(C)CC3)nc2C)cc(C(=O)OC)c1. The van der Waals surface area contributed by atoms with Gasteiger partial charge < -0.3 is 19.7 Å². The summed E-state index contributed by atoms with van der Waals surface area (Å²) in [6.07, 6.45) is 3.67. The second-order valence-electron chi connectivity index (χ2n) is 7.57. The zero-order valence-electron chi connectivity index (χ0n) is 18.1. The van der Waals surface area contributed by atoms with Crippen LogP contribution in [0.1, 0.15) is 56.5 Å². The van der Waals surface area contributed by atoms with Gasteiger partial charge in [-0.3, -0.25) is 4.79 Å². The summed E-state index contributed by atoms with van der Waals surface area (Å²) in [7, 11) is 2.47. The van der Waals surface area contributed by atoms with Crippen molar-refractivity contribution < 1.29 is 23.9 Å². The molecule has 1 aromatic heterocycles. The van der Waals surface area contributed by atoms with Crippen molar-refractivity contribution in [3.8, 4) is 0 Å². The van der Waals surface area contributed by atoms with Crippen LogP contribution >= 0.6 is 0 Å². The molecule has 1 aromatic carbocycles. The van der Waals surface area contributed by atoms with E-state index >= 15 is 0 Å². The fraction of sp³-hybridized carbons (Fsp3) is 0.409. The number of hydrogen-bond donors (Lipinski definition) is 1. The number of piperidine rings is 1. The number of carbonyl (C=O) groups excluding carboxylic acids is 3. The molecule has 2 heterocycles. The first-order valence-corrected chi connectivity index (χ1v) is 10.0. The molecule has 1 aliphatic heterocycles. The minimum absolute atomic E-state index is 0.114. The van der Waals surface area contributed by atoms with Crippen LogP contribution in [0, 0.1) is 12.8 Å². The summed E-state index contributed by atoms with van der Waals surface area (Å²) in [6, 6.07) is 4.20. The molecule has 164 valence electrons. The van der Waals surface area contributed by atoms with E-state index in [4.69, 9.17) is 9.47 Å². The number of benzene rings is 1. The van der Waals surface area contributed by atoms with E-state index in [0.717, 1.165) is 25.9 Å². The van der Waals surface area contributed by atoms with Crippen molar-refractivity contribution in [2.75, 3.05) is 37.5 Å². The minimum Gasteiger partial charge on any atom is -0.465 e. The Morgan fingerprint density at radius 2 is 1.61 bits per heavy atom. The highest BCUT2D eigenvalue weighted by atomic mass is 16.5. The molecule has 31 heavy (non-hydrogen) atoms. The minimum atomic E-state index is -0.638. The molecule has 0 aliphatic carbocycles. The Morgan fingerprint density at radius 1 is 1.03 bits per heavy atom. The van der Waals surface area contributed by atoms with Gasteiger partial charge in [0, 0.05) is 25.0 Å². The van der Waals surface area contributed by atoms with Gasteiger partial charge in [0.25, 0.3) is 5.91 Å². The summed E-state index contributed by atoms with van der Waals surface area (Å²) < 4.78 is 9.43. The molecule has 3 rings (SSSR count). The van der Waals surface area contributed by atoms with Crippen LogP contribution in [0.15, 0.2) is 24.4 Å². The smallest absolute Gasteiger partial charge is 0.337 e. The Morgan fingerprint density at radius 3 is 2.13 bits per heavy atom. The number of anilines is 2. The summed E-state index contributed by atoms with van der Waals surface area (Å²) in [4.78, 5) is 47.7. The summed E-state index contributed by atoms with van der Waals surface area (Å²) in [6.45, 7) is 5.76. The second kappa shape index (κ2) is 9.55. The number of esters is 2. The van der Waals surface area contributed by atoms with E-state index in [9.17, 15) is 14.4 Å². The predicted molar refractivity (Wildman–Crippen MR) is 114 cm³/mol. The van der Waals surface area contributed by atoms with Crippen molar-refractivity contribution in [2.45, 2.75) is 26.7 Å². The Bertz CT molecular complexity index is 965.